The number of carbonyl (C=O) groups excluding carboxylic acids is 1. The van der Waals surface area contributed by atoms with Gasteiger partial charge >= 0.3 is 0 Å². The van der Waals surface area contributed by atoms with Crippen LogP contribution in [0.15, 0.2) is 60.9 Å². The van der Waals surface area contributed by atoms with Gasteiger partial charge < -0.3 is 14.8 Å². The summed E-state index contributed by atoms with van der Waals surface area (Å²) >= 11 is 0. The van der Waals surface area contributed by atoms with E-state index in [0.29, 0.717) is 17.9 Å². The molecule has 1 N–H and O–H groups in total. The summed E-state index contributed by atoms with van der Waals surface area (Å²) in [5, 5.41) is 3.11. The van der Waals surface area contributed by atoms with E-state index in [1.807, 2.05) is 62.5 Å². The molecule has 142 valence electrons. The maximum Gasteiger partial charge on any atom is 0.252 e. The van der Waals surface area contributed by atoms with Crippen molar-refractivity contribution in [1.82, 2.24) is 10.3 Å². The molecule has 0 aliphatic carbocycles. The first-order chi connectivity index (χ1) is 13.5. The number of ether oxygens (including phenoxy) is 2. The molecule has 0 radical (unpaired) electrons. The standard InChI is InChI=1S/C23H22N2O3/c1-23(2,17-5-4-6-18(12-17)27-3)25-22(26)15-7-8-20-19-9-10-24-13-16(19)14-28-21(20)11-15/h4-13H,14H2,1-3H3,(H,25,26). The van der Waals surface area contributed by atoms with E-state index in [1.165, 1.54) is 0 Å². The minimum Gasteiger partial charge on any atom is -0.497 e. The normalized spacial score (nSPS) is 12.4. The Kier molecular flexibility index (Phi) is 4.51. The Balaban J connectivity index is 1.59. The van der Waals surface area contributed by atoms with Crippen molar-refractivity contribution in [2.24, 2.45) is 0 Å². The number of nitrogens with one attached hydrogen (secondary N) is 1. The Bertz CT molecular complexity index is 1040. The number of nitrogens with zero attached hydrogens (tertiary/aromatic N) is 1. The maximum absolute atomic E-state index is 12.9. The van der Waals surface area contributed by atoms with Crippen LogP contribution in [0.1, 0.15) is 35.3 Å². The van der Waals surface area contributed by atoms with Crippen LogP contribution in [0.2, 0.25) is 0 Å². The number of hydrogen-bond acceptors (Lipinski definition) is 4. The van der Waals surface area contributed by atoms with Gasteiger partial charge in [0.25, 0.3) is 5.91 Å². The summed E-state index contributed by atoms with van der Waals surface area (Å²) in [6.45, 7) is 4.40. The summed E-state index contributed by atoms with van der Waals surface area (Å²) in [7, 11) is 1.63. The SMILES string of the molecule is COc1cccc(C(C)(C)NC(=O)c2ccc3c(c2)OCc2cnccc2-3)c1. The molecule has 3 aromatic rings. The van der Waals surface area contributed by atoms with Gasteiger partial charge in [-0.05, 0) is 61.4 Å². The predicted molar refractivity (Wildman–Crippen MR) is 107 cm³/mol. The van der Waals surface area contributed by atoms with Crippen LogP contribution in [-0.2, 0) is 12.1 Å². The van der Waals surface area contributed by atoms with Crippen LogP contribution in [0.25, 0.3) is 11.1 Å². The van der Waals surface area contributed by atoms with Gasteiger partial charge in [0.15, 0.2) is 0 Å². The average Bonchev–Trinajstić information content (AvgIpc) is 2.73. The third-order valence-electron chi connectivity index (χ3n) is 5.04. The molecule has 0 bridgehead atoms. The third kappa shape index (κ3) is 3.31. The Labute approximate surface area is 164 Å². The molecule has 0 unspecified atom stereocenters. The molecule has 5 heteroatoms. The van der Waals surface area contributed by atoms with E-state index in [-0.39, 0.29) is 5.91 Å². The van der Waals surface area contributed by atoms with Crippen molar-refractivity contribution in [3.05, 3.63) is 77.6 Å². The van der Waals surface area contributed by atoms with Crippen molar-refractivity contribution in [3.63, 3.8) is 0 Å². The molecule has 1 amide bonds. The lowest BCUT2D eigenvalue weighted by Gasteiger charge is -2.28. The zero-order valence-corrected chi connectivity index (χ0v) is 16.2. The molecule has 0 saturated carbocycles. The first kappa shape index (κ1) is 18.0. The number of rotatable bonds is 4. The largest absolute Gasteiger partial charge is 0.497 e. The number of hydrogen-bond donors (Lipinski definition) is 1. The number of benzene rings is 2. The van der Waals surface area contributed by atoms with Gasteiger partial charge in [-0.2, -0.15) is 0 Å². The average molecular weight is 374 g/mol. The third-order valence-corrected chi connectivity index (χ3v) is 5.04. The molecule has 0 spiro atoms. The molecule has 0 atom stereocenters. The molecule has 1 aliphatic heterocycles. The zero-order chi connectivity index (χ0) is 19.7. The maximum atomic E-state index is 12.9. The van der Waals surface area contributed by atoms with Gasteiger partial charge in [0, 0.05) is 29.1 Å². The van der Waals surface area contributed by atoms with Crippen LogP contribution in [0.4, 0.5) is 0 Å². The van der Waals surface area contributed by atoms with Crippen LogP contribution in [0, 0.1) is 0 Å². The number of carbonyl (C=O) groups is 1. The van der Waals surface area contributed by atoms with Gasteiger partial charge in [-0.3, -0.25) is 9.78 Å². The molecular weight excluding hydrogens is 352 g/mol. The Morgan fingerprint density at radius 1 is 1.14 bits per heavy atom. The van der Waals surface area contributed by atoms with Crippen LogP contribution in [0.5, 0.6) is 11.5 Å². The van der Waals surface area contributed by atoms with E-state index in [9.17, 15) is 4.79 Å². The molecule has 2 aromatic carbocycles. The lowest BCUT2D eigenvalue weighted by atomic mass is 9.93. The molecule has 0 saturated heterocycles. The Morgan fingerprint density at radius 3 is 2.82 bits per heavy atom. The van der Waals surface area contributed by atoms with Gasteiger partial charge in [0.05, 0.1) is 12.6 Å². The molecule has 4 rings (SSSR count). The highest BCUT2D eigenvalue weighted by Crippen LogP contribution is 2.37. The monoisotopic (exact) mass is 374 g/mol. The Hall–Kier alpha value is -3.34. The smallest absolute Gasteiger partial charge is 0.252 e. The number of amides is 1. The molecule has 1 aromatic heterocycles. The lowest BCUT2D eigenvalue weighted by Crippen LogP contribution is -2.41. The number of pyridine rings is 1. The zero-order valence-electron chi connectivity index (χ0n) is 16.2. The van der Waals surface area contributed by atoms with Gasteiger partial charge in [-0.25, -0.2) is 0 Å². The lowest BCUT2D eigenvalue weighted by molar-refractivity contribution is 0.0911. The second-order valence-corrected chi connectivity index (χ2v) is 7.34. The quantitative estimate of drug-likeness (QED) is 0.739. The van der Waals surface area contributed by atoms with E-state index in [2.05, 4.69) is 10.3 Å². The summed E-state index contributed by atoms with van der Waals surface area (Å²) in [5.41, 5.74) is 4.10. The first-order valence-corrected chi connectivity index (χ1v) is 9.15. The second-order valence-electron chi connectivity index (χ2n) is 7.34. The van der Waals surface area contributed by atoms with Gasteiger partial charge in [-0.1, -0.05) is 12.1 Å². The van der Waals surface area contributed by atoms with E-state index in [0.717, 1.165) is 28.0 Å². The van der Waals surface area contributed by atoms with Crippen molar-refractivity contribution in [2.75, 3.05) is 7.11 Å². The highest BCUT2D eigenvalue weighted by Gasteiger charge is 2.25. The van der Waals surface area contributed by atoms with Crippen LogP contribution in [0.3, 0.4) is 0 Å². The van der Waals surface area contributed by atoms with Crippen molar-refractivity contribution in [2.45, 2.75) is 26.0 Å². The molecule has 1 aliphatic rings. The summed E-state index contributed by atoms with van der Waals surface area (Å²) in [5.74, 6) is 1.32. The summed E-state index contributed by atoms with van der Waals surface area (Å²) in [4.78, 5) is 17.1. The molecule has 2 heterocycles. The van der Waals surface area contributed by atoms with E-state index >= 15 is 0 Å². The fourth-order valence-electron chi connectivity index (χ4n) is 3.41. The van der Waals surface area contributed by atoms with E-state index in [1.54, 1.807) is 19.4 Å². The topological polar surface area (TPSA) is 60.5 Å². The fourth-order valence-corrected chi connectivity index (χ4v) is 3.41. The van der Waals surface area contributed by atoms with Crippen LogP contribution < -0.4 is 14.8 Å². The Morgan fingerprint density at radius 2 is 2.00 bits per heavy atom. The molecule has 5 nitrogen and oxygen atoms in total. The predicted octanol–water partition coefficient (Wildman–Crippen LogP) is 4.31. The van der Waals surface area contributed by atoms with Crippen molar-refractivity contribution in [3.8, 4) is 22.6 Å². The van der Waals surface area contributed by atoms with E-state index in [4.69, 9.17) is 9.47 Å². The first-order valence-electron chi connectivity index (χ1n) is 9.15. The highest BCUT2D eigenvalue weighted by molar-refractivity contribution is 5.96. The van der Waals surface area contributed by atoms with Gasteiger partial charge in [0.1, 0.15) is 18.1 Å². The van der Waals surface area contributed by atoms with Crippen LogP contribution >= 0.6 is 0 Å². The van der Waals surface area contributed by atoms with Crippen LogP contribution in [-0.4, -0.2) is 18.0 Å². The van der Waals surface area contributed by atoms with Gasteiger partial charge in [-0.15, -0.1) is 0 Å². The molecule has 0 fully saturated rings. The summed E-state index contributed by atoms with van der Waals surface area (Å²) < 4.78 is 11.1. The fraction of sp³-hybridized carbons (Fsp3) is 0.217. The number of methoxy groups -OCH3 is 1. The minimum atomic E-state index is -0.555. The second kappa shape index (κ2) is 7.00. The van der Waals surface area contributed by atoms with Crippen molar-refractivity contribution < 1.29 is 14.3 Å². The highest BCUT2D eigenvalue weighted by atomic mass is 16.5. The van der Waals surface area contributed by atoms with Crippen molar-refractivity contribution in [1.29, 1.82) is 0 Å². The minimum absolute atomic E-state index is 0.153. The summed E-state index contributed by atoms with van der Waals surface area (Å²) in [6.07, 6.45) is 3.58. The van der Waals surface area contributed by atoms with Crippen molar-refractivity contribution >= 4 is 5.91 Å². The number of aromatic nitrogens is 1. The molecular formula is C23H22N2O3. The molecule has 28 heavy (non-hydrogen) atoms. The van der Waals surface area contributed by atoms with Gasteiger partial charge in [0.2, 0.25) is 0 Å². The van der Waals surface area contributed by atoms with E-state index < -0.39 is 5.54 Å². The summed E-state index contributed by atoms with van der Waals surface area (Å²) in [6, 6.07) is 15.2. The number of fused-ring (bicyclic) bond motifs is 3.